The lowest BCUT2D eigenvalue weighted by molar-refractivity contribution is 0.0993. The van der Waals surface area contributed by atoms with Crippen LogP contribution in [0, 0.1) is 5.82 Å². The third kappa shape index (κ3) is 2.54. The summed E-state index contributed by atoms with van der Waals surface area (Å²) in [5.74, 6) is -0.403. The van der Waals surface area contributed by atoms with E-state index >= 15 is 0 Å². The van der Waals surface area contributed by atoms with E-state index in [1.807, 2.05) is 0 Å². The molecule has 1 heterocycles. The van der Waals surface area contributed by atoms with E-state index in [-0.39, 0.29) is 11.6 Å². The number of carbonyl (C=O) groups is 1. The van der Waals surface area contributed by atoms with Crippen molar-refractivity contribution in [3.8, 4) is 0 Å². The molecule has 0 aliphatic carbocycles. The van der Waals surface area contributed by atoms with Gasteiger partial charge >= 0.3 is 0 Å². The van der Waals surface area contributed by atoms with Gasteiger partial charge in [-0.05, 0) is 34.1 Å². The highest BCUT2D eigenvalue weighted by atomic mass is 79.9. The van der Waals surface area contributed by atoms with Crippen LogP contribution in [0.25, 0.3) is 0 Å². The molecule has 2 rings (SSSR count). The van der Waals surface area contributed by atoms with Crippen molar-refractivity contribution in [3.63, 3.8) is 0 Å². The Hall–Kier alpha value is -1.07. The van der Waals surface area contributed by atoms with Crippen LogP contribution >= 0.6 is 27.3 Å². The zero-order valence-electron chi connectivity index (χ0n) is 8.11. The van der Waals surface area contributed by atoms with Gasteiger partial charge in [-0.1, -0.05) is 0 Å². The number of Topliss-reactive ketones (excluding diaryl/α,β-unsaturated/α-hetero) is 1. The smallest absolute Gasteiger partial charge is 0.168 e. The predicted octanol–water partition coefficient (Wildman–Crippen LogP) is 3.47. The summed E-state index contributed by atoms with van der Waals surface area (Å²) in [5.41, 5.74) is 2.19. The Labute approximate surface area is 104 Å². The molecule has 0 N–H and O–H groups in total. The van der Waals surface area contributed by atoms with Crippen molar-refractivity contribution in [2.24, 2.45) is 0 Å². The largest absolute Gasteiger partial charge is 0.294 e. The second-order valence-electron chi connectivity index (χ2n) is 3.20. The lowest BCUT2D eigenvalue weighted by atomic mass is 10.1. The lowest BCUT2D eigenvalue weighted by Gasteiger charge is -2.00. The van der Waals surface area contributed by atoms with Crippen LogP contribution in [0.2, 0.25) is 0 Å². The summed E-state index contributed by atoms with van der Waals surface area (Å²) in [4.78, 5) is 16.6. The fourth-order valence-corrected chi connectivity index (χ4v) is 2.23. The van der Waals surface area contributed by atoms with Crippen LogP contribution in [0.15, 0.2) is 34.4 Å². The Kier molecular flexibility index (Phi) is 3.46. The molecule has 0 unspecified atom stereocenters. The predicted molar refractivity (Wildman–Crippen MR) is 64.2 cm³/mol. The van der Waals surface area contributed by atoms with E-state index in [1.165, 1.54) is 29.5 Å². The summed E-state index contributed by atoms with van der Waals surface area (Å²) in [6.07, 6.45) is 1.98. The first-order valence-corrected chi connectivity index (χ1v) is 6.19. The van der Waals surface area contributed by atoms with Gasteiger partial charge in [0.2, 0.25) is 0 Å². The number of carbonyl (C=O) groups excluding carboxylic acids is 1. The monoisotopic (exact) mass is 299 g/mol. The van der Waals surface area contributed by atoms with Crippen molar-refractivity contribution >= 4 is 33.0 Å². The Morgan fingerprint density at radius 1 is 1.50 bits per heavy atom. The summed E-state index contributed by atoms with van der Waals surface area (Å²) < 4.78 is 13.3. The lowest BCUT2D eigenvalue weighted by Crippen LogP contribution is -2.02. The van der Waals surface area contributed by atoms with Gasteiger partial charge in [-0.15, -0.1) is 11.3 Å². The summed E-state index contributed by atoms with van der Waals surface area (Å²) in [7, 11) is 0. The molecular weight excluding hydrogens is 293 g/mol. The molecule has 0 amide bonds. The molecule has 82 valence electrons. The number of aromatic nitrogens is 1. The third-order valence-electron chi connectivity index (χ3n) is 2.06. The topological polar surface area (TPSA) is 30.0 Å². The van der Waals surface area contributed by atoms with Crippen molar-refractivity contribution in [2.45, 2.75) is 6.42 Å². The number of thiazole rings is 1. The first kappa shape index (κ1) is 11.4. The molecule has 0 spiro atoms. The summed E-state index contributed by atoms with van der Waals surface area (Å²) >= 11 is 4.49. The number of nitrogens with zero attached hydrogens (tertiary/aromatic N) is 1. The molecule has 0 fully saturated rings. The average molecular weight is 300 g/mol. The molecule has 0 radical (unpaired) electrons. The van der Waals surface area contributed by atoms with Gasteiger partial charge in [-0.25, -0.2) is 4.39 Å². The number of benzene rings is 1. The molecule has 0 aliphatic rings. The molecule has 0 bridgehead atoms. The van der Waals surface area contributed by atoms with Crippen molar-refractivity contribution in [3.05, 3.63) is 50.6 Å². The highest BCUT2D eigenvalue weighted by molar-refractivity contribution is 9.10. The van der Waals surface area contributed by atoms with Crippen molar-refractivity contribution in [1.29, 1.82) is 0 Å². The molecule has 16 heavy (non-hydrogen) atoms. The number of halogens is 2. The fraction of sp³-hybridized carbons (Fsp3) is 0.0909. The Morgan fingerprint density at radius 3 is 2.94 bits per heavy atom. The van der Waals surface area contributed by atoms with E-state index in [2.05, 4.69) is 20.9 Å². The van der Waals surface area contributed by atoms with E-state index in [0.29, 0.717) is 16.5 Å². The maximum Gasteiger partial charge on any atom is 0.168 e. The van der Waals surface area contributed by atoms with Crippen molar-refractivity contribution in [1.82, 2.24) is 4.98 Å². The molecule has 1 aromatic carbocycles. The zero-order chi connectivity index (χ0) is 11.5. The van der Waals surface area contributed by atoms with Crippen LogP contribution in [0.1, 0.15) is 15.2 Å². The Balaban J connectivity index is 2.18. The molecule has 0 saturated carbocycles. The second kappa shape index (κ2) is 4.84. The van der Waals surface area contributed by atoms with E-state index in [0.717, 1.165) is 4.88 Å². The number of ketones is 1. The highest BCUT2D eigenvalue weighted by Crippen LogP contribution is 2.18. The number of hydrogen-bond donors (Lipinski definition) is 0. The molecule has 0 saturated heterocycles. The van der Waals surface area contributed by atoms with Crippen molar-refractivity contribution in [2.75, 3.05) is 0 Å². The Morgan fingerprint density at radius 2 is 2.31 bits per heavy atom. The van der Waals surface area contributed by atoms with Crippen LogP contribution in [0.3, 0.4) is 0 Å². The first-order valence-electron chi connectivity index (χ1n) is 4.52. The Bertz CT molecular complexity index is 513. The average Bonchev–Trinajstić information content (AvgIpc) is 2.74. The van der Waals surface area contributed by atoms with Gasteiger partial charge in [0.15, 0.2) is 5.78 Å². The van der Waals surface area contributed by atoms with Crippen LogP contribution < -0.4 is 0 Å². The van der Waals surface area contributed by atoms with Gasteiger partial charge < -0.3 is 0 Å². The van der Waals surface area contributed by atoms with Gasteiger partial charge in [0.05, 0.1) is 9.98 Å². The minimum absolute atomic E-state index is 0.0371. The van der Waals surface area contributed by atoms with Crippen LogP contribution in [0.4, 0.5) is 4.39 Å². The molecule has 2 nitrogen and oxygen atoms in total. The number of rotatable bonds is 3. The maximum atomic E-state index is 13.0. The normalized spacial score (nSPS) is 10.4. The quantitative estimate of drug-likeness (QED) is 0.812. The third-order valence-corrected chi connectivity index (χ3v) is 3.45. The maximum absolute atomic E-state index is 13.0. The summed E-state index contributed by atoms with van der Waals surface area (Å²) in [6.45, 7) is 0. The SMILES string of the molecule is O=C(Cc1cncs1)c1ccc(F)c(Br)c1. The highest BCUT2D eigenvalue weighted by Gasteiger charge is 2.10. The molecule has 0 aliphatic heterocycles. The first-order chi connectivity index (χ1) is 7.66. The van der Waals surface area contributed by atoms with E-state index in [9.17, 15) is 9.18 Å². The minimum atomic E-state index is -0.366. The van der Waals surface area contributed by atoms with Crippen LogP contribution in [0.5, 0.6) is 0 Å². The van der Waals surface area contributed by atoms with Crippen LogP contribution in [-0.2, 0) is 6.42 Å². The molecule has 0 atom stereocenters. The molecule has 1 aromatic heterocycles. The van der Waals surface area contributed by atoms with Gasteiger partial charge in [0.1, 0.15) is 5.82 Å². The fourth-order valence-electron chi connectivity index (χ4n) is 1.26. The second-order valence-corrected chi connectivity index (χ2v) is 5.02. The van der Waals surface area contributed by atoms with Gasteiger partial charge in [-0.3, -0.25) is 9.78 Å². The molecular formula is C11H7BrFNOS. The summed E-state index contributed by atoms with van der Waals surface area (Å²) in [6, 6.07) is 4.27. The van der Waals surface area contributed by atoms with Crippen molar-refractivity contribution < 1.29 is 9.18 Å². The van der Waals surface area contributed by atoms with Crippen LogP contribution in [-0.4, -0.2) is 10.8 Å². The van der Waals surface area contributed by atoms with Gasteiger partial charge in [-0.2, -0.15) is 0 Å². The minimum Gasteiger partial charge on any atom is -0.294 e. The van der Waals surface area contributed by atoms with Gasteiger partial charge in [0, 0.05) is 23.1 Å². The summed E-state index contributed by atoms with van der Waals surface area (Å²) in [5, 5.41) is 0. The van der Waals surface area contributed by atoms with E-state index in [1.54, 1.807) is 11.7 Å². The van der Waals surface area contributed by atoms with Gasteiger partial charge in [0.25, 0.3) is 0 Å². The zero-order valence-corrected chi connectivity index (χ0v) is 10.5. The number of hydrogen-bond acceptors (Lipinski definition) is 3. The van der Waals surface area contributed by atoms with E-state index < -0.39 is 0 Å². The molecule has 5 heteroatoms. The van der Waals surface area contributed by atoms with E-state index in [4.69, 9.17) is 0 Å². The standard InChI is InChI=1S/C11H7BrFNOS/c12-9-3-7(1-2-10(9)13)11(15)4-8-5-14-6-16-8/h1-3,5-6H,4H2. The molecule has 2 aromatic rings.